The van der Waals surface area contributed by atoms with Crippen molar-refractivity contribution in [2.75, 3.05) is 12.4 Å². The molecule has 3 N–H and O–H groups in total. The smallest absolute Gasteiger partial charge is 0.249 e. The van der Waals surface area contributed by atoms with Crippen LogP contribution in [0, 0.1) is 0 Å². The SMILES string of the molecule is COc1cc(/C=N\NC(=O)CC(=O)Nc2ccc(Cl)c(Cl)c2)ccc1O. The summed E-state index contributed by atoms with van der Waals surface area (Å²) in [4.78, 5) is 23.6. The Morgan fingerprint density at radius 2 is 1.92 bits per heavy atom. The molecule has 0 saturated carbocycles. The van der Waals surface area contributed by atoms with Crippen LogP contribution in [-0.4, -0.2) is 30.2 Å². The van der Waals surface area contributed by atoms with E-state index >= 15 is 0 Å². The van der Waals surface area contributed by atoms with Crippen LogP contribution in [0.15, 0.2) is 41.5 Å². The molecule has 0 bridgehead atoms. The van der Waals surface area contributed by atoms with Crippen LogP contribution in [0.4, 0.5) is 5.69 Å². The zero-order chi connectivity index (χ0) is 19.1. The van der Waals surface area contributed by atoms with Crippen molar-refractivity contribution in [1.82, 2.24) is 5.43 Å². The minimum Gasteiger partial charge on any atom is -0.504 e. The number of hydrogen-bond acceptors (Lipinski definition) is 5. The molecule has 0 radical (unpaired) electrons. The molecule has 0 aromatic heterocycles. The third kappa shape index (κ3) is 5.65. The Morgan fingerprint density at radius 3 is 2.62 bits per heavy atom. The number of phenols is 1. The number of methoxy groups -OCH3 is 1. The lowest BCUT2D eigenvalue weighted by atomic mass is 10.2. The van der Waals surface area contributed by atoms with Crippen molar-refractivity contribution < 1.29 is 19.4 Å². The summed E-state index contributed by atoms with van der Waals surface area (Å²) in [6, 6.07) is 9.16. The van der Waals surface area contributed by atoms with Crippen LogP contribution in [-0.2, 0) is 9.59 Å². The van der Waals surface area contributed by atoms with Gasteiger partial charge in [0.05, 0.1) is 23.4 Å². The van der Waals surface area contributed by atoms with E-state index in [1.807, 2.05) is 0 Å². The Labute approximate surface area is 159 Å². The summed E-state index contributed by atoms with van der Waals surface area (Å²) in [7, 11) is 1.42. The fourth-order valence-electron chi connectivity index (χ4n) is 1.92. The molecule has 2 aromatic carbocycles. The molecule has 0 aliphatic heterocycles. The number of phenolic OH excluding ortho intramolecular Hbond substituents is 1. The van der Waals surface area contributed by atoms with E-state index < -0.39 is 18.2 Å². The van der Waals surface area contributed by atoms with Crippen LogP contribution < -0.4 is 15.5 Å². The van der Waals surface area contributed by atoms with Gasteiger partial charge in [-0.15, -0.1) is 0 Å². The van der Waals surface area contributed by atoms with Crippen LogP contribution >= 0.6 is 23.2 Å². The van der Waals surface area contributed by atoms with Crippen molar-refractivity contribution in [3.8, 4) is 11.5 Å². The predicted molar refractivity (Wildman–Crippen MR) is 100 cm³/mol. The highest BCUT2D eigenvalue weighted by Gasteiger charge is 2.10. The average molecular weight is 396 g/mol. The van der Waals surface area contributed by atoms with E-state index in [1.54, 1.807) is 18.2 Å². The van der Waals surface area contributed by atoms with Crippen LogP contribution in [0.5, 0.6) is 11.5 Å². The Balaban J connectivity index is 1.86. The molecule has 9 heteroatoms. The van der Waals surface area contributed by atoms with Gasteiger partial charge in [0.1, 0.15) is 6.42 Å². The second kappa shape index (κ2) is 9.07. The van der Waals surface area contributed by atoms with E-state index in [1.165, 1.54) is 31.5 Å². The minimum atomic E-state index is -0.593. The Bertz CT molecular complexity index is 856. The largest absolute Gasteiger partial charge is 0.504 e. The summed E-state index contributed by atoms with van der Waals surface area (Å²) in [5.41, 5.74) is 3.26. The number of anilines is 1. The number of ether oxygens (including phenoxy) is 1. The number of nitrogens with one attached hydrogen (secondary N) is 2. The maximum Gasteiger partial charge on any atom is 0.249 e. The molecule has 2 amide bonds. The summed E-state index contributed by atoms with van der Waals surface area (Å²) in [5.74, 6) is -0.846. The first-order valence-electron chi connectivity index (χ1n) is 7.33. The number of benzene rings is 2. The van der Waals surface area contributed by atoms with Crippen LogP contribution in [0.2, 0.25) is 10.0 Å². The van der Waals surface area contributed by atoms with Gasteiger partial charge in [-0.25, -0.2) is 5.43 Å². The van der Waals surface area contributed by atoms with Crippen molar-refractivity contribution in [1.29, 1.82) is 0 Å². The first-order valence-corrected chi connectivity index (χ1v) is 8.08. The van der Waals surface area contributed by atoms with Gasteiger partial charge in [-0.2, -0.15) is 5.10 Å². The lowest BCUT2D eigenvalue weighted by Crippen LogP contribution is -2.24. The highest BCUT2D eigenvalue weighted by molar-refractivity contribution is 6.42. The second-order valence-corrected chi connectivity index (χ2v) is 5.89. The number of carbonyl (C=O) groups is 2. The Kier molecular flexibility index (Phi) is 6.82. The second-order valence-electron chi connectivity index (χ2n) is 5.08. The quantitative estimate of drug-likeness (QED) is 0.397. The van der Waals surface area contributed by atoms with E-state index in [0.29, 0.717) is 21.3 Å². The third-order valence-electron chi connectivity index (χ3n) is 3.13. The van der Waals surface area contributed by atoms with Gasteiger partial charge < -0.3 is 15.2 Å². The lowest BCUT2D eigenvalue weighted by Gasteiger charge is -2.06. The summed E-state index contributed by atoms with van der Waals surface area (Å²) in [6.45, 7) is 0. The van der Waals surface area contributed by atoms with E-state index in [4.69, 9.17) is 27.9 Å². The van der Waals surface area contributed by atoms with Crippen molar-refractivity contribution in [3.05, 3.63) is 52.0 Å². The van der Waals surface area contributed by atoms with Crippen molar-refractivity contribution >= 4 is 46.9 Å². The maximum absolute atomic E-state index is 11.8. The molecule has 2 rings (SSSR count). The highest BCUT2D eigenvalue weighted by Crippen LogP contribution is 2.26. The monoisotopic (exact) mass is 395 g/mol. The fraction of sp³-hybridized carbons (Fsp3) is 0.118. The maximum atomic E-state index is 11.8. The van der Waals surface area contributed by atoms with Crippen molar-refractivity contribution in [2.45, 2.75) is 6.42 Å². The van der Waals surface area contributed by atoms with E-state index in [2.05, 4.69) is 15.8 Å². The number of hydrazone groups is 1. The molecule has 7 nitrogen and oxygen atoms in total. The molecule has 0 heterocycles. The van der Waals surface area contributed by atoms with Gasteiger partial charge in [-0.3, -0.25) is 9.59 Å². The standard InChI is InChI=1S/C17H15Cl2N3O4/c1-26-15-6-10(2-5-14(15)23)9-20-22-17(25)8-16(24)21-11-3-4-12(18)13(19)7-11/h2-7,9,23H,8H2,1H3,(H,21,24)(H,22,25)/b20-9-. The van der Waals surface area contributed by atoms with Crippen LogP contribution in [0.25, 0.3) is 0 Å². The number of amides is 2. The van der Waals surface area contributed by atoms with Gasteiger partial charge in [0.15, 0.2) is 11.5 Å². The molecule has 0 spiro atoms. The van der Waals surface area contributed by atoms with Crippen molar-refractivity contribution in [3.63, 3.8) is 0 Å². The van der Waals surface area contributed by atoms with Crippen molar-refractivity contribution in [2.24, 2.45) is 5.10 Å². The topological polar surface area (TPSA) is 100 Å². The summed E-state index contributed by atoms with van der Waals surface area (Å²) in [5, 5.41) is 16.4. The van der Waals surface area contributed by atoms with Gasteiger partial charge in [0.25, 0.3) is 0 Å². The molecular formula is C17H15Cl2N3O4. The molecular weight excluding hydrogens is 381 g/mol. The Morgan fingerprint density at radius 1 is 1.15 bits per heavy atom. The molecule has 0 atom stereocenters. The zero-order valence-electron chi connectivity index (χ0n) is 13.6. The molecule has 0 aliphatic carbocycles. The van der Waals surface area contributed by atoms with Gasteiger partial charge in [-0.1, -0.05) is 23.2 Å². The Hall–Kier alpha value is -2.77. The number of rotatable bonds is 6. The van der Waals surface area contributed by atoms with Gasteiger partial charge >= 0.3 is 0 Å². The normalized spacial score (nSPS) is 10.6. The summed E-state index contributed by atoms with van der Waals surface area (Å²) < 4.78 is 4.97. The molecule has 0 unspecified atom stereocenters. The number of aromatic hydroxyl groups is 1. The first kappa shape index (κ1) is 19.6. The third-order valence-corrected chi connectivity index (χ3v) is 3.87. The summed E-state index contributed by atoms with van der Waals surface area (Å²) in [6.07, 6.45) is 0.938. The minimum absolute atomic E-state index is 0.00680. The van der Waals surface area contributed by atoms with Gasteiger partial charge in [-0.05, 0) is 42.0 Å². The molecule has 0 fully saturated rings. The van der Waals surface area contributed by atoms with E-state index in [9.17, 15) is 14.7 Å². The zero-order valence-corrected chi connectivity index (χ0v) is 15.1. The van der Waals surface area contributed by atoms with Crippen LogP contribution in [0.3, 0.4) is 0 Å². The molecule has 2 aromatic rings. The molecule has 0 aliphatic rings. The number of hydrogen-bond donors (Lipinski definition) is 3. The molecule has 26 heavy (non-hydrogen) atoms. The fourth-order valence-corrected chi connectivity index (χ4v) is 2.22. The van der Waals surface area contributed by atoms with Crippen LogP contribution in [0.1, 0.15) is 12.0 Å². The van der Waals surface area contributed by atoms with Gasteiger partial charge in [0.2, 0.25) is 11.8 Å². The first-order chi connectivity index (χ1) is 12.4. The molecule has 136 valence electrons. The summed E-state index contributed by atoms with van der Waals surface area (Å²) >= 11 is 11.6. The lowest BCUT2D eigenvalue weighted by molar-refractivity contribution is -0.126. The van der Waals surface area contributed by atoms with Gasteiger partial charge in [0, 0.05) is 5.69 Å². The number of carbonyl (C=O) groups excluding carboxylic acids is 2. The number of nitrogens with zero attached hydrogens (tertiary/aromatic N) is 1. The highest BCUT2D eigenvalue weighted by atomic mass is 35.5. The average Bonchev–Trinajstić information content (AvgIpc) is 2.59. The predicted octanol–water partition coefficient (Wildman–Crippen LogP) is 3.19. The van der Waals surface area contributed by atoms with E-state index in [-0.39, 0.29) is 11.5 Å². The van der Waals surface area contributed by atoms with E-state index in [0.717, 1.165) is 0 Å². The molecule has 0 saturated heterocycles. The number of halogens is 2.